The Morgan fingerprint density at radius 3 is 2.80 bits per heavy atom. The van der Waals surface area contributed by atoms with Crippen LogP contribution >= 0.6 is 0 Å². The Hall–Kier alpha value is -3.03. The molecule has 0 aliphatic carbocycles. The SMILES string of the molecule is COc1cc2c(c3oc(=O)c(CC(=O)N4CCNC(=O)C4)c(C)c13)CCC(C)(C)O2. The van der Waals surface area contributed by atoms with Crippen LogP contribution in [0.3, 0.4) is 0 Å². The second-order valence-corrected chi connectivity index (χ2v) is 8.46. The van der Waals surface area contributed by atoms with E-state index in [4.69, 9.17) is 13.9 Å². The Balaban J connectivity index is 1.79. The average Bonchev–Trinajstić information content (AvgIpc) is 2.69. The molecule has 0 saturated carbocycles. The fourth-order valence-electron chi connectivity index (χ4n) is 4.16. The first-order chi connectivity index (χ1) is 14.2. The molecule has 2 amide bonds. The van der Waals surface area contributed by atoms with Gasteiger partial charge in [0.05, 0.1) is 31.0 Å². The van der Waals surface area contributed by atoms with E-state index in [9.17, 15) is 14.4 Å². The maximum atomic E-state index is 12.9. The number of aryl methyl sites for hydroxylation is 2. The summed E-state index contributed by atoms with van der Waals surface area (Å²) in [7, 11) is 1.55. The lowest BCUT2D eigenvalue weighted by molar-refractivity contribution is -0.137. The first-order valence-electron chi connectivity index (χ1n) is 10.1. The van der Waals surface area contributed by atoms with Crippen LogP contribution in [0.4, 0.5) is 0 Å². The van der Waals surface area contributed by atoms with Crippen LogP contribution in [-0.2, 0) is 22.4 Å². The van der Waals surface area contributed by atoms with Gasteiger partial charge in [0, 0.05) is 24.7 Å². The Labute approximate surface area is 174 Å². The number of ether oxygens (including phenoxy) is 2. The van der Waals surface area contributed by atoms with Crippen molar-refractivity contribution in [3.05, 3.63) is 33.2 Å². The van der Waals surface area contributed by atoms with E-state index in [1.165, 1.54) is 4.90 Å². The highest BCUT2D eigenvalue weighted by Gasteiger charge is 2.31. The number of hydrogen-bond acceptors (Lipinski definition) is 6. The highest BCUT2D eigenvalue weighted by atomic mass is 16.5. The van der Waals surface area contributed by atoms with Crippen molar-refractivity contribution in [3.63, 3.8) is 0 Å². The molecule has 3 heterocycles. The third kappa shape index (κ3) is 3.51. The molecule has 0 spiro atoms. The van der Waals surface area contributed by atoms with Gasteiger partial charge in [-0.05, 0) is 39.2 Å². The van der Waals surface area contributed by atoms with Gasteiger partial charge in [0.2, 0.25) is 11.8 Å². The quantitative estimate of drug-likeness (QED) is 0.768. The van der Waals surface area contributed by atoms with E-state index in [1.807, 2.05) is 19.9 Å². The maximum Gasteiger partial charge on any atom is 0.340 e. The molecule has 0 unspecified atom stereocenters. The van der Waals surface area contributed by atoms with E-state index in [1.54, 1.807) is 14.0 Å². The van der Waals surface area contributed by atoms with Gasteiger partial charge in [-0.15, -0.1) is 0 Å². The average molecular weight is 414 g/mol. The monoisotopic (exact) mass is 414 g/mol. The third-order valence-electron chi connectivity index (χ3n) is 5.88. The fraction of sp³-hybridized carbons (Fsp3) is 0.500. The smallest absolute Gasteiger partial charge is 0.340 e. The second-order valence-electron chi connectivity index (χ2n) is 8.46. The number of nitrogens with one attached hydrogen (secondary N) is 1. The predicted octanol–water partition coefficient (Wildman–Crippen LogP) is 1.71. The van der Waals surface area contributed by atoms with E-state index in [2.05, 4.69) is 5.32 Å². The normalized spacial score (nSPS) is 17.9. The van der Waals surface area contributed by atoms with E-state index >= 15 is 0 Å². The summed E-state index contributed by atoms with van der Waals surface area (Å²) < 4.78 is 17.4. The largest absolute Gasteiger partial charge is 0.496 e. The van der Waals surface area contributed by atoms with E-state index in [-0.39, 0.29) is 35.9 Å². The highest BCUT2D eigenvalue weighted by molar-refractivity contribution is 5.93. The highest BCUT2D eigenvalue weighted by Crippen LogP contribution is 2.43. The molecule has 0 bridgehead atoms. The van der Waals surface area contributed by atoms with Gasteiger partial charge >= 0.3 is 5.63 Å². The second kappa shape index (κ2) is 7.34. The van der Waals surface area contributed by atoms with Gasteiger partial charge < -0.3 is 24.1 Å². The number of amides is 2. The zero-order chi connectivity index (χ0) is 21.6. The van der Waals surface area contributed by atoms with Gasteiger partial charge in [0.25, 0.3) is 0 Å². The molecule has 1 N–H and O–H groups in total. The Kier molecular flexibility index (Phi) is 4.95. The minimum Gasteiger partial charge on any atom is -0.496 e. The van der Waals surface area contributed by atoms with Crippen LogP contribution < -0.4 is 20.4 Å². The Bertz CT molecular complexity index is 1100. The lowest BCUT2D eigenvalue weighted by atomic mass is 9.91. The third-order valence-corrected chi connectivity index (χ3v) is 5.88. The van der Waals surface area contributed by atoms with Gasteiger partial charge in [-0.2, -0.15) is 0 Å². The summed E-state index contributed by atoms with van der Waals surface area (Å²) in [5.74, 6) is 0.713. The zero-order valence-electron chi connectivity index (χ0n) is 17.7. The summed E-state index contributed by atoms with van der Waals surface area (Å²) in [5.41, 5.74) is 1.38. The molecule has 8 heteroatoms. The van der Waals surface area contributed by atoms with Crippen molar-refractivity contribution in [3.8, 4) is 11.5 Å². The van der Waals surface area contributed by atoms with Crippen LogP contribution in [0.5, 0.6) is 11.5 Å². The number of nitrogens with zero attached hydrogens (tertiary/aromatic N) is 1. The van der Waals surface area contributed by atoms with Crippen molar-refractivity contribution in [2.24, 2.45) is 0 Å². The number of carbonyl (C=O) groups is 2. The Morgan fingerprint density at radius 2 is 2.10 bits per heavy atom. The van der Waals surface area contributed by atoms with Crippen LogP contribution in [0.1, 0.15) is 37.0 Å². The standard InChI is InChI=1S/C22H26N2O6/c1-12-14(9-18(26)24-8-7-23-17(25)11-24)21(27)29-20-13-5-6-22(2,3)30-15(13)10-16(28-4)19(12)20/h10H,5-9,11H2,1-4H3,(H,23,25). The minimum absolute atomic E-state index is 0.000743. The molecule has 2 aromatic rings. The summed E-state index contributed by atoms with van der Waals surface area (Å²) in [5, 5.41) is 3.36. The molecule has 30 heavy (non-hydrogen) atoms. The van der Waals surface area contributed by atoms with Crippen molar-refractivity contribution in [2.45, 2.75) is 45.6 Å². The fourth-order valence-corrected chi connectivity index (χ4v) is 4.16. The molecule has 1 saturated heterocycles. The molecule has 0 radical (unpaired) electrons. The predicted molar refractivity (Wildman–Crippen MR) is 110 cm³/mol. The van der Waals surface area contributed by atoms with E-state index in [0.29, 0.717) is 47.5 Å². The molecule has 160 valence electrons. The molecular formula is C22H26N2O6. The topological polar surface area (TPSA) is 98.1 Å². The number of rotatable bonds is 3. The number of benzene rings is 1. The van der Waals surface area contributed by atoms with Crippen LogP contribution in [0, 0.1) is 6.92 Å². The molecule has 8 nitrogen and oxygen atoms in total. The molecule has 1 aromatic heterocycles. The molecule has 4 rings (SSSR count). The van der Waals surface area contributed by atoms with Gasteiger partial charge in [-0.3, -0.25) is 9.59 Å². The van der Waals surface area contributed by atoms with Crippen molar-refractivity contribution in [1.82, 2.24) is 10.2 Å². The molecule has 0 atom stereocenters. The first-order valence-corrected chi connectivity index (χ1v) is 10.1. The van der Waals surface area contributed by atoms with E-state index < -0.39 is 5.63 Å². The molecule has 2 aliphatic rings. The van der Waals surface area contributed by atoms with Gasteiger partial charge in [-0.1, -0.05) is 0 Å². The van der Waals surface area contributed by atoms with Crippen molar-refractivity contribution in [2.75, 3.05) is 26.7 Å². The summed E-state index contributed by atoms with van der Waals surface area (Å²) >= 11 is 0. The number of fused-ring (bicyclic) bond motifs is 3. The molecule has 2 aliphatic heterocycles. The van der Waals surface area contributed by atoms with E-state index in [0.717, 1.165) is 12.0 Å². The van der Waals surface area contributed by atoms with Crippen LogP contribution in [0.25, 0.3) is 11.0 Å². The first kappa shape index (κ1) is 20.3. The summed E-state index contributed by atoms with van der Waals surface area (Å²) in [6.45, 7) is 6.67. The van der Waals surface area contributed by atoms with Gasteiger partial charge in [-0.25, -0.2) is 4.79 Å². The lowest BCUT2D eigenvalue weighted by Gasteiger charge is -2.33. The van der Waals surface area contributed by atoms with Crippen LogP contribution in [0.2, 0.25) is 0 Å². The van der Waals surface area contributed by atoms with Crippen LogP contribution in [-0.4, -0.2) is 49.1 Å². The van der Waals surface area contributed by atoms with Crippen LogP contribution in [0.15, 0.2) is 15.3 Å². The van der Waals surface area contributed by atoms with Gasteiger partial charge in [0.1, 0.15) is 22.7 Å². The molecule has 1 fully saturated rings. The number of methoxy groups -OCH3 is 1. The number of piperazine rings is 1. The summed E-state index contributed by atoms with van der Waals surface area (Å²) in [6, 6.07) is 1.83. The zero-order valence-corrected chi connectivity index (χ0v) is 17.7. The van der Waals surface area contributed by atoms with Crippen molar-refractivity contribution in [1.29, 1.82) is 0 Å². The van der Waals surface area contributed by atoms with Gasteiger partial charge in [0.15, 0.2) is 0 Å². The van der Waals surface area contributed by atoms with Crippen molar-refractivity contribution < 1.29 is 23.5 Å². The maximum absolute atomic E-state index is 12.9. The Morgan fingerprint density at radius 1 is 1.33 bits per heavy atom. The number of hydrogen-bond donors (Lipinski definition) is 1. The lowest BCUT2D eigenvalue weighted by Crippen LogP contribution is -2.50. The van der Waals surface area contributed by atoms with Crippen molar-refractivity contribution >= 4 is 22.8 Å². The summed E-state index contributed by atoms with van der Waals surface area (Å²) in [4.78, 5) is 38.6. The number of carbonyl (C=O) groups excluding carboxylic acids is 2. The minimum atomic E-state index is -0.546. The molecular weight excluding hydrogens is 388 g/mol. The molecule has 1 aromatic carbocycles. The summed E-state index contributed by atoms with van der Waals surface area (Å²) in [6.07, 6.45) is 1.38.